The van der Waals surface area contributed by atoms with Crippen LogP contribution in [-0.4, -0.2) is 56.5 Å². The van der Waals surface area contributed by atoms with Gasteiger partial charge < -0.3 is 0 Å². The van der Waals surface area contributed by atoms with Crippen LogP contribution in [0.3, 0.4) is 0 Å². The lowest BCUT2D eigenvalue weighted by Gasteiger charge is -2.64. The molecule has 0 unspecified atom stereocenters. The summed E-state index contributed by atoms with van der Waals surface area (Å²) in [6, 6.07) is 0. The van der Waals surface area contributed by atoms with Crippen molar-refractivity contribution < 1.29 is 0 Å². The summed E-state index contributed by atoms with van der Waals surface area (Å²) in [7, 11) is -9.43. The van der Waals surface area contributed by atoms with Crippen LogP contribution in [0.25, 0.3) is 0 Å². The van der Waals surface area contributed by atoms with Gasteiger partial charge >= 0.3 is 0 Å². The Bertz CT molecular complexity index is 477. The van der Waals surface area contributed by atoms with Crippen molar-refractivity contribution in [2.24, 2.45) is 0 Å². The maximum Gasteiger partial charge on any atom is 0.232 e. The molecule has 0 aliphatic heterocycles. The van der Waals surface area contributed by atoms with E-state index in [1.807, 2.05) is 0 Å². The molecule has 26 heavy (non-hydrogen) atoms. The zero-order chi connectivity index (χ0) is 22.0. The molecule has 0 bridgehead atoms. The molecule has 0 atom stereocenters. The van der Waals surface area contributed by atoms with E-state index in [0.29, 0.717) is 0 Å². The van der Waals surface area contributed by atoms with Gasteiger partial charge in [-0.2, -0.15) is 22.2 Å². The molecule has 10 heteroatoms. The first kappa shape index (κ1) is 28.3. The molecule has 0 rings (SSSR count). The van der Waals surface area contributed by atoms with Gasteiger partial charge in [-0.1, -0.05) is 98.2 Å². The van der Waals surface area contributed by atoms with Gasteiger partial charge in [0.1, 0.15) is 0 Å². The summed E-state index contributed by atoms with van der Waals surface area (Å²) in [6.07, 6.45) is -2.11. The topological polar surface area (TPSA) is 0 Å². The van der Waals surface area contributed by atoms with Crippen LogP contribution in [0, 0.1) is 0 Å². The molecule has 0 radical (unpaired) electrons. The molecule has 0 amide bonds. The number of halogens is 2. The second-order valence-electron chi connectivity index (χ2n) is 12.9. The minimum atomic E-state index is -2.11. The average molecular weight is 536 g/mol. The first-order valence-electron chi connectivity index (χ1n) is 10.1. The van der Waals surface area contributed by atoms with E-state index in [2.05, 4.69) is 105 Å². The van der Waals surface area contributed by atoms with E-state index in [0.717, 1.165) is 0 Å². The Balaban J connectivity index is 6.61. The van der Waals surface area contributed by atoms with Crippen LogP contribution in [0.5, 0.6) is 0 Å². The molecule has 158 valence electrons. The fourth-order valence-corrected chi connectivity index (χ4v) is 239. The van der Waals surface area contributed by atoms with Crippen LogP contribution >= 0.6 is 22.2 Å². The number of hydrogen-bond acceptors (Lipinski definition) is 0. The van der Waals surface area contributed by atoms with Gasteiger partial charge in [0, 0.05) is 43.1 Å². The summed E-state index contributed by atoms with van der Waals surface area (Å²) in [4.78, 5) is 0. The molecular weight excluding hydrogens is 488 g/mol. The monoisotopic (exact) mass is 534 g/mol. The Labute approximate surface area is 182 Å². The van der Waals surface area contributed by atoms with Crippen LogP contribution in [0.2, 0.25) is 105 Å². The van der Waals surface area contributed by atoms with Crippen molar-refractivity contribution in [3.63, 3.8) is 0 Å². The normalized spacial score (nSPS) is 16.8. The Morgan fingerprint density at radius 3 is 0.692 bits per heavy atom. The van der Waals surface area contributed by atoms with Gasteiger partial charge in [-0.25, -0.2) is 0 Å². The number of hydrogen-bond donors (Lipinski definition) is 0. The summed E-state index contributed by atoms with van der Waals surface area (Å²) in [5.74, 6) is 0. The van der Waals surface area contributed by atoms with Crippen LogP contribution in [0.15, 0.2) is 0 Å². The van der Waals surface area contributed by atoms with E-state index in [-0.39, 0.29) is 0 Å². The van der Waals surface area contributed by atoms with Gasteiger partial charge in [-0.15, -0.1) is 0 Å². The summed E-state index contributed by atoms with van der Waals surface area (Å²) >= 11 is 14.0. The Hall–Kier alpha value is 2.32. The lowest BCUT2D eigenvalue weighted by Crippen LogP contribution is -2.91. The highest BCUT2D eigenvalue weighted by Crippen LogP contribution is 2.46. The Kier molecular flexibility index (Phi) is 8.14. The smallest absolute Gasteiger partial charge is 0.150 e. The largest absolute Gasteiger partial charge is 0.232 e. The molecule has 0 nitrogen and oxygen atoms in total. The molecule has 0 saturated carbocycles. The van der Waals surface area contributed by atoms with Crippen molar-refractivity contribution in [1.82, 2.24) is 0 Å². The molecule has 0 heterocycles. The Morgan fingerprint density at radius 1 is 0.308 bits per heavy atom. The fourth-order valence-electron chi connectivity index (χ4n) is 4.61. The van der Waals surface area contributed by atoms with Crippen molar-refractivity contribution in [3.05, 3.63) is 0 Å². The maximum atomic E-state index is 7.01. The molecule has 0 fully saturated rings. The van der Waals surface area contributed by atoms with Crippen molar-refractivity contribution in [3.8, 4) is 0 Å². The van der Waals surface area contributed by atoms with E-state index in [1.165, 1.54) is 0 Å². The van der Waals surface area contributed by atoms with E-state index in [4.69, 9.17) is 22.2 Å². The molecule has 0 saturated heterocycles. The van der Waals surface area contributed by atoms with Gasteiger partial charge in [0.2, 0.25) is 6.21 Å². The minimum Gasteiger partial charge on any atom is -0.150 e. The molecule has 0 aromatic heterocycles. The van der Waals surface area contributed by atoms with Crippen molar-refractivity contribution >= 4 is 78.6 Å². The summed E-state index contributed by atoms with van der Waals surface area (Å²) < 4.78 is 0. The third kappa shape index (κ3) is 3.95. The quantitative estimate of drug-likeness (QED) is 0.232. The van der Waals surface area contributed by atoms with Gasteiger partial charge in [-0.05, 0) is 6.55 Å². The second-order valence-corrected chi connectivity index (χ2v) is 107. The van der Waals surface area contributed by atoms with Crippen molar-refractivity contribution in [2.75, 3.05) is 0 Å². The highest BCUT2D eigenvalue weighted by molar-refractivity contribution is 8.06. The van der Waals surface area contributed by atoms with E-state index in [9.17, 15) is 0 Å². The van der Waals surface area contributed by atoms with E-state index in [1.54, 1.807) is 0 Å². The van der Waals surface area contributed by atoms with Gasteiger partial charge in [0.15, 0.2) is 0 Å². The summed E-state index contributed by atoms with van der Waals surface area (Å²) in [5, 5.41) is 0. The number of rotatable bonds is 7. The maximum absolute atomic E-state index is 7.01. The van der Waals surface area contributed by atoms with Crippen LogP contribution < -0.4 is 0 Å². The third-order valence-electron chi connectivity index (χ3n) is 10.8. The van der Waals surface area contributed by atoms with E-state index >= 15 is 0 Å². The predicted octanol–water partition coefficient (Wildman–Crippen LogP) is 7.67. The van der Waals surface area contributed by atoms with Crippen LogP contribution in [-0.2, 0) is 0 Å². The molecular formula is C16H48Cl2Si8. The van der Waals surface area contributed by atoms with Gasteiger partial charge in [0.05, 0.1) is 7.11 Å². The SMILES string of the molecule is C[Si](C)(C)[Si](C)(C)[Si](C)(C)[Si](C)(C)[Si](C)(C)[Si](C)(C)[Si](C)(C)[Si](C)(Cl)Cl. The Morgan fingerprint density at radius 2 is 0.500 bits per heavy atom. The molecule has 0 aromatic rings. The average Bonchev–Trinajstić information content (AvgIpc) is 2.34. The summed E-state index contributed by atoms with van der Waals surface area (Å²) in [5.41, 5.74) is 0. The zero-order valence-corrected chi connectivity index (χ0v) is 30.3. The minimum absolute atomic E-state index is 1.11. The first-order valence-corrected chi connectivity index (χ1v) is 43.2. The highest BCUT2D eigenvalue weighted by Gasteiger charge is 2.69. The standard InChI is InChI=1S/C16H48Cl2Si8/c1-19(2,3)20(4,5)21(6,7)22(8,9)23(10,11)24(12,13)25(14,15)26(16,17)18/h1-16H3. The fraction of sp³-hybridized carbons (Fsp3) is 1.00. The van der Waals surface area contributed by atoms with Crippen LogP contribution in [0.4, 0.5) is 0 Å². The first-order chi connectivity index (χ1) is 10.8. The molecule has 0 spiro atoms. The molecule has 0 aliphatic carbocycles. The molecule has 0 aliphatic rings. The summed E-state index contributed by atoms with van der Waals surface area (Å²) in [6.45, 7) is 43.3. The van der Waals surface area contributed by atoms with Gasteiger partial charge in [-0.3, -0.25) is 0 Å². The predicted molar refractivity (Wildman–Crippen MR) is 152 cm³/mol. The molecule has 0 N–H and O–H groups in total. The molecule has 0 aromatic carbocycles. The lowest BCUT2D eigenvalue weighted by atomic mass is 11.8. The van der Waals surface area contributed by atoms with Crippen molar-refractivity contribution in [1.29, 1.82) is 0 Å². The third-order valence-corrected chi connectivity index (χ3v) is 187. The van der Waals surface area contributed by atoms with Crippen molar-refractivity contribution in [2.45, 2.75) is 105 Å². The second kappa shape index (κ2) is 7.47. The zero-order valence-electron chi connectivity index (χ0n) is 20.8. The van der Waals surface area contributed by atoms with E-state index < -0.39 is 56.5 Å². The van der Waals surface area contributed by atoms with Gasteiger partial charge in [0.25, 0.3) is 0 Å². The van der Waals surface area contributed by atoms with Crippen LogP contribution in [0.1, 0.15) is 0 Å². The lowest BCUT2D eigenvalue weighted by molar-refractivity contribution is 1.72. The highest BCUT2D eigenvalue weighted by atomic mass is 35.7.